The minimum absolute atomic E-state index is 0.110. The smallest absolute Gasteiger partial charge is 0.193 e. The van der Waals surface area contributed by atoms with E-state index >= 15 is 0 Å². The van der Waals surface area contributed by atoms with Crippen LogP contribution in [0.15, 0.2) is 58.0 Å². The van der Waals surface area contributed by atoms with Crippen molar-refractivity contribution in [1.29, 1.82) is 0 Å². The minimum Gasteiger partial charge on any atom is -0.508 e. The van der Waals surface area contributed by atoms with Crippen LogP contribution >= 0.6 is 0 Å². The molecule has 0 radical (unpaired) electrons. The molecule has 1 N–H and O–H groups in total. The van der Waals surface area contributed by atoms with Crippen LogP contribution in [0.5, 0.6) is 5.75 Å². The first kappa shape index (κ1) is 10.5. The van der Waals surface area contributed by atoms with Crippen LogP contribution in [0.25, 0.3) is 22.3 Å². The van der Waals surface area contributed by atoms with E-state index in [2.05, 4.69) is 4.98 Å². The maximum atomic E-state index is 11.9. The van der Waals surface area contributed by atoms with Crippen LogP contribution in [0.1, 0.15) is 0 Å². The Morgan fingerprint density at radius 2 is 1.89 bits per heavy atom. The second-order valence-corrected chi connectivity index (χ2v) is 3.89. The van der Waals surface area contributed by atoms with Crippen LogP contribution in [-0.2, 0) is 0 Å². The van der Waals surface area contributed by atoms with Gasteiger partial charge in [-0.3, -0.25) is 9.78 Å². The lowest BCUT2D eigenvalue weighted by molar-refractivity contribution is 0.475. The van der Waals surface area contributed by atoms with E-state index in [1.165, 1.54) is 12.3 Å². The quantitative estimate of drug-likeness (QED) is 0.708. The number of pyridine rings is 1. The summed E-state index contributed by atoms with van der Waals surface area (Å²) in [7, 11) is 0. The van der Waals surface area contributed by atoms with Crippen molar-refractivity contribution in [3.63, 3.8) is 0 Å². The number of hydrogen-bond acceptors (Lipinski definition) is 4. The van der Waals surface area contributed by atoms with Gasteiger partial charge in [-0.25, -0.2) is 0 Å². The van der Waals surface area contributed by atoms with Gasteiger partial charge in [0.25, 0.3) is 0 Å². The van der Waals surface area contributed by atoms with Gasteiger partial charge in [0.15, 0.2) is 11.0 Å². The molecule has 0 fully saturated rings. The summed E-state index contributed by atoms with van der Waals surface area (Å²) >= 11 is 0. The number of rotatable bonds is 1. The maximum absolute atomic E-state index is 11.9. The van der Waals surface area contributed by atoms with Crippen LogP contribution in [0.4, 0.5) is 0 Å². The Kier molecular flexibility index (Phi) is 2.34. The number of hydrogen-bond donors (Lipinski definition) is 1. The highest BCUT2D eigenvalue weighted by molar-refractivity contribution is 5.77. The van der Waals surface area contributed by atoms with Crippen molar-refractivity contribution >= 4 is 11.0 Å². The molecule has 88 valence electrons. The topological polar surface area (TPSA) is 63.3 Å². The standard InChI is InChI=1S/C14H9NO3/c16-10-3-1-9(2-4-10)13-7-12(17)11-5-6-15-8-14(11)18-13/h1-8,16H. The van der Waals surface area contributed by atoms with Crippen LogP contribution in [0.3, 0.4) is 0 Å². The molecule has 0 saturated carbocycles. The van der Waals surface area contributed by atoms with Crippen molar-refractivity contribution < 1.29 is 9.52 Å². The zero-order valence-electron chi connectivity index (χ0n) is 9.33. The molecular weight excluding hydrogens is 230 g/mol. The highest BCUT2D eigenvalue weighted by Gasteiger charge is 2.06. The van der Waals surface area contributed by atoms with E-state index in [0.29, 0.717) is 16.7 Å². The van der Waals surface area contributed by atoms with Crippen LogP contribution < -0.4 is 5.43 Å². The maximum Gasteiger partial charge on any atom is 0.193 e. The lowest BCUT2D eigenvalue weighted by Crippen LogP contribution is -2.00. The summed E-state index contributed by atoms with van der Waals surface area (Å²) in [5.74, 6) is 0.629. The largest absolute Gasteiger partial charge is 0.508 e. The predicted octanol–water partition coefficient (Wildman–Crippen LogP) is 2.56. The van der Waals surface area contributed by atoms with Crippen molar-refractivity contribution in [3.8, 4) is 17.1 Å². The van der Waals surface area contributed by atoms with Crippen molar-refractivity contribution in [2.45, 2.75) is 0 Å². The first-order chi connectivity index (χ1) is 8.74. The number of phenols is 1. The lowest BCUT2D eigenvalue weighted by atomic mass is 10.1. The third kappa shape index (κ3) is 1.73. The van der Waals surface area contributed by atoms with Gasteiger partial charge in [-0.15, -0.1) is 0 Å². The van der Waals surface area contributed by atoms with Gasteiger partial charge in [0.05, 0.1) is 11.6 Å². The van der Waals surface area contributed by atoms with Crippen molar-refractivity contribution in [2.24, 2.45) is 0 Å². The van der Waals surface area contributed by atoms with Gasteiger partial charge >= 0.3 is 0 Å². The highest BCUT2D eigenvalue weighted by atomic mass is 16.3. The number of aromatic nitrogens is 1. The molecule has 0 bridgehead atoms. The summed E-state index contributed by atoms with van der Waals surface area (Å²) in [6, 6.07) is 9.54. The molecule has 0 aliphatic rings. The van der Waals surface area contributed by atoms with Gasteiger partial charge in [-0.1, -0.05) is 0 Å². The summed E-state index contributed by atoms with van der Waals surface area (Å²) in [5.41, 5.74) is 1.07. The summed E-state index contributed by atoms with van der Waals surface area (Å²) in [4.78, 5) is 15.8. The SMILES string of the molecule is O=c1cc(-c2ccc(O)cc2)oc2cnccc12. The molecule has 0 aliphatic carbocycles. The van der Waals surface area contributed by atoms with E-state index in [1.807, 2.05) is 0 Å². The molecule has 0 atom stereocenters. The average molecular weight is 239 g/mol. The predicted molar refractivity (Wildman–Crippen MR) is 67.4 cm³/mol. The normalized spacial score (nSPS) is 10.7. The van der Waals surface area contributed by atoms with E-state index in [0.717, 1.165) is 5.56 Å². The average Bonchev–Trinajstić information content (AvgIpc) is 2.39. The van der Waals surface area contributed by atoms with Crippen molar-refractivity contribution in [1.82, 2.24) is 4.98 Å². The fourth-order valence-electron chi connectivity index (χ4n) is 1.78. The molecule has 0 unspecified atom stereocenters. The number of nitrogens with zero attached hydrogens (tertiary/aromatic N) is 1. The van der Waals surface area contributed by atoms with E-state index < -0.39 is 0 Å². The highest BCUT2D eigenvalue weighted by Crippen LogP contribution is 2.23. The summed E-state index contributed by atoms with van der Waals surface area (Å²) < 4.78 is 5.62. The second kappa shape index (κ2) is 4.00. The Balaban J connectivity index is 2.24. The Morgan fingerprint density at radius 1 is 1.11 bits per heavy atom. The third-order valence-corrected chi connectivity index (χ3v) is 2.68. The lowest BCUT2D eigenvalue weighted by Gasteiger charge is -2.02. The van der Waals surface area contributed by atoms with Gasteiger partial charge < -0.3 is 9.52 Å². The van der Waals surface area contributed by atoms with Gasteiger partial charge in [0, 0.05) is 17.8 Å². The molecule has 3 rings (SSSR count). The molecule has 0 saturated heterocycles. The monoisotopic (exact) mass is 239 g/mol. The van der Waals surface area contributed by atoms with Crippen LogP contribution in [-0.4, -0.2) is 10.1 Å². The molecule has 0 amide bonds. The first-order valence-corrected chi connectivity index (χ1v) is 5.41. The third-order valence-electron chi connectivity index (χ3n) is 2.68. The molecule has 2 aromatic heterocycles. The van der Waals surface area contributed by atoms with Gasteiger partial charge in [-0.05, 0) is 30.3 Å². The molecule has 18 heavy (non-hydrogen) atoms. The molecular formula is C14H9NO3. The Morgan fingerprint density at radius 3 is 2.67 bits per heavy atom. The van der Waals surface area contributed by atoms with E-state index in [-0.39, 0.29) is 11.2 Å². The summed E-state index contributed by atoms with van der Waals surface area (Å²) in [6.45, 7) is 0. The summed E-state index contributed by atoms with van der Waals surface area (Å²) in [6.07, 6.45) is 3.07. The molecule has 4 heteroatoms. The number of aromatic hydroxyl groups is 1. The Labute approximate surface area is 102 Å². The molecule has 3 aromatic rings. The molecule has 2 heterocycles. The van der Waals surface area contributed by atoms with Crippen molar-refractivity contribution in [3.05, 3.63) is 59.0 Å². The van der Waals surface area contributed by atoms with E-state index in [9.17, 15) is 9.90 Å². The molecule has 4 nitrogen and oxygen atoms in total. The molecule has 0 spiro atoms. The molecule has 0 aliphatic heterocycles. The van der Waals surface area contributed by atoms with E-state index in [4.69, 9.17) is 4.42 Å². The van der Waals surface area contributed by atoms with Gasteiger partial charge in [0.2, 0.25) is 0 Å². The Hall–Kier alpha value is -2.62. The van der Waals surface area contributed by atoms with Crippen molar-refractivity contribution in [2.75, 3.05) is 0 Å². The number of benzene rings is 1. The number of phenolic OH excluding ortho intramolecular Hbond substituents is 1. The van der Waals surface area contributed by atoms with Gasteiger partial charge in [0.1, 0.15) is 11.5 Å². The van der Waals surface area contributed by atoms with Gasteiger partial charge in [-0.2, -0.15) is 0 Å². The minimum atomic E-state index is -0.110. The summed E-state index contributed by atoms with van der Waals surface area (Å²) in [5, 5.41) is 9.73. The first-order valence-electron chi connectivity index (χ1n) is 5.41. The van der Waals surface area contributed by atoms with Crippen LogP contribution in [0.2, 0.25) is 0 Å². The Bertz CT molecular complexity index is 760. The second-order valence-electron chi connectivity index (χ2n) is 3.89. The fraction of sp³-hybridized carbons (Fsp3) is 0. The van der Waals surface area contributed by atoms with E-state index in [1.54, 1.807) is 36.5 Å². The fourth-order valence-corrected chi connectivity index (χ4v) is 1.78. The zero-order valence-corrected chi connectivity index (χ0v) is 9.33. The molecule has 1 aromatic carbocycles. The zero-order chi connectivity index (χ0) is 12.5. The van der Waals surface area contributed by atoms with Crippen LogP contribution in [0, 0.1) is 0 Å². The number of fused-ring (bicyclic) bond motifs is 1.